The molecule has 0 bridgehead atoms. The summed E-state index contributed by atoms with van der Waals surface area (Å²) in [6, 6.07) is 0.829. The predicted molar refractivity (Wildman–Crippen MR) is 59.2 cm³/mol. The van der Waals surface area contributed by atoms with Crippen molar-refractivity contribution < 1.29 is 0 Å². The summed E-state index contributed by atoms with van der Waals surface area (Å²) in [5, 5.41) is 0. The Balaban J connectivity index is 2.49. The lowest BCUT2D eigenvalue weighted by atomic mass is 10.4. The highest BCUT2D eigenvalue weighted by atomic mass is 28.5. The number of nitrogens with zero attached hydrogens (tertiary/aromatic N) is 2. The first-order chi connectivity index (χ1) is 5.09. The summed E-state index contributed by atoms with van der Waals surface area (Å²) in [7, 11) is -0.868. The van der Waals surface area contributed by atoms with Gasteiger partial charge in [0.2, 0.25) is 0 Å². The molecule has 2 atom stereocenters. The molecular weight excluding hydrogens is 184 g/mol. The third-order valence-corrected chi connectivity index (χ3v) is 18.9. The molecule has 1 rings (SSSR count). The summed E-state index contributed by atoms with van der Waals surface area (Å²) in [6.07, 6.45) is 0. The van der Waals surface area contributed by atoms with E-state index in [0.29, 0.717) is 0 Å². The fourth-order valence-corrected chi connectivity index (χ4v) is 17.1. The van der Waals surface area contributed by atoms with Crippen LogP contribution in [0.4, 0.5) is 0 Å². The van der Waals surface area contributed by atoms with Gasteiger partial charge in [0.15, 0.2) is 18.2 Å². The molecule has 0 aromatic heterocycles. The Hall–Kier alpha value is 0.571. The van der Waals surface area contributed by atoms with E-state index in [0.717, 1.165) is 6.04 Å². The van der Waals surface area contributed by atoms with Gasteiger partial charge in [-0.15, -0.1) is 0 Å². The maximum atomic E-state index is 2.92. The lowest BCUT2D eigenvalue weighted by Crippen LogP contribution is -2.77. The first-order valence-corrected chi connectivity index (χ1v) is 11.0. The maximum Gasteiger partial charge on any atom is 0.168 e. The van der Waals surface area contributed by atoms with Crippen molar-refractivity contribution in [2.24, 2.45) is 0 Å². The quantitative estimate of drug-likeness (QED) is 0.577. The standard InChI is InChI=1S/C6H20N2Si3/c1-6(2)7-10(4)8(9-3)11(7)5/h6,10-11H,9H2,1-5H3. The van der Waals surface area contributed by atoms with Gasteiger partial charge < -0.3 is 8.13 Å². The molecule has 0 spiro atoms. The Morgan fingerprint density at radius 2 is 1.64 bits per heavy atom. The summed E-state index contributed by atoms with van der Waals surface area (Å²) < 4.78 is 5.76. The van der Waals surface area contributed by atoms with Crippen molar-refractivity contribution in [3.8, 4) is 0 Å². The van der Waals surface area contributed by atoms with E-state index in [1.807, 2.05) is 0 Å². The first-order valence-electron chi connectivity index (χ1n) is 4.62. The van der Waals surface area contributed by atoms with Crippen LogP contribution < -0.4 is 0 Å². The van der Waals surface area contributed by atoms with Gasteiger partial charge in [-0.1, -0.05) is 20.4 Å². The summed E-state index contributed by atoms with van der Waals surface area (Å²) in [4.78, 5) is 0. The van der Waals surface area contributed by atoms with Crippen LogP contribution in [0.15, 0.2) is 0 Å². The van der Waals surface area contributed by atoms with Crippen LogP contribution in [-0.4, -0.2) is 42.1 Å². The number of rotatable bonds is 2. The number of hydrogen-bond donors (Lipinski definition) is 0. The van der Waals surface area contributed by atoms with Gasteiger partial charge in [0, 0.05) is 0 Å². The first kappa shape index (κ1) is 9.66. The van der Waals surface area contributed by atoms with Crippen LogP contribution in [0.2, 0.25) is 19.6 Å². The van der Waals surface area contributed by atoms with E-state index in [1.54, 1.807) is 0 Å². The highest BCUT2D eigenvalue weighted by Crippen LogP contribution is 2.21. The average Bonchev–Trinajstić information content (AvgIpc) is 1.87. The van der Waals surface area contributed by atoms with Gasteiger partial charge in [0.25, 0.3) is 0 Å². The Labute approximate surface area is 76.0 Å². The lowest BCUT2D eigenvalue weighted by molar-refractivity contribution is 0.448. The van der Waals surface area contributed by atoms with Crippen LogP contribution in [-0.2, 0) is 0 Å². The van der Waals surface area contributed by atoms with Gasteiger partial charge in [-0.25, -0.2) is 0 Å². The molecule has 1 aliphatic rings. The van der Waals surface area contributed by atoms with Crippen LogP contribution in [0.1, 0.15) is 13.8 Å². The van der Waals surface area contributed by atoms with Crippen molar-refractivity contribution in [1.29, 1.82) is 0 Å². The van der Waals surface area contributed by atoms with E-state index in [4.69, 9.17) is 0 Å². The van der Waals surface area contributed by atoms with Crippen LogP contribution in [0.25, 0.3) is 0 Å². The van der Waals surface area contributed by atoms with Crippen LogP contribution in [0.3, 0.4) is 0 Å². The summed E-state index contributed by atoms with van der Waals surface area (Å²) in [5.41, 5.74) is 0. The molecule has 5 heteroatoms. The SMILES string of the molecule is C[SiH2]N1[SiH](C)N(C(C)C)[SiH]1C. The molecular formula is C6H20N2Si3. The third-order valence-electron chi connectivity index (χ3n) is 2.78. The molecule has 0 aromatic rings. The van der Waals surface area contributed by atoms with E-state index < -0.39 is 18.2 Å². The van der Waals surface area contributed by atoms with Gasteiger partial charge in [-0.2, -0.15) is 0 Å². The number of hydrogen-bond acceptors (Lipinski definition) is 2. The van der Waals surface area contributed by atoms with Gasteiger partial charge in [-0.05, 0) is 19.1 Å². The summed E-state index contributed by atoms with van der Waals surface area (Å²) >= 11 is 0. The maximum absolute atomic E-state index is 2.92. The minimum absolute atomic E-state index is 0.182. The van der Waals surface area contributed by atoms with Gasteiger partial charge in [0.1, 0.15) is 0 Å². The molecule has 11 heavy (non-hydrogen) atoms. The molecule has 66 valence electrons. The lowest BCUT2D eigenvalue weighted by Gasteiger charge is -2.56. The second-order valence-corrected chi connectivity index (χ2v) is 12.7. The Bertz CT molecular complexity index is 132. The van der Waals surface area contributed by atoms with Crippen molar-refractivity contribution in [1.82, 2.24) is 8.13 Å². The van der Waals surface area contributed by atoms with Crippen molar-refractivity contribution in [2.45, 2.75) is 39.5 Å². The molecule has 0 radical (unpaired) electrons. The fraction of sp³-hybridized carbons (Fsp3) is 1.00. The van der Waals surface area contributed by atoms with Crippen LogP contribution in [0, 0.1) is 0 Å². The fourth-order valence-electron chi connectivity index (χ4n) is 2.29. The molecule has 1 aliphatic heterocycles. The van der Waals surface area contributed by atoms with Crippen LogP contribution >= 0.6 is 0 Å². The zero-order valence-electron chi connectivity index (χ0n) is 8.33. The largest absolute Gasteiger partial charge is 0.355 e. The molecule has 0 N–H and O–H groups in total. The van der Waals surface area contributed by atoms with E-state index in [-0.39, 0.29) is 9.68 Å². The monoisotopic (exact) mass is 204 g/mol. The van der Waals surface area contributed by atoms with E-state index in [9.17, 15) is 0 Å². The van der Waals surface area contributed by atoms with E-state index in [1.165, 1.54) is 0 Å². The Morgan fingerprint density at radius 3 is 1.91 bits per heavy atom. The van der Waals surface area contributed by atoms with E-state index >= 15 is 0 Å². The van der Waals surface area contributed by atoms with Crippen molar-refractivity contribution >= 4 is 27.9 Å². The smallest absolute Gasteiger partial charge is 0.168 e. The highest BCUT2D eigenvalue weighted by molar-refractivity contribution is 6.91. The van der Waals surface area contributed by atoms with Crippen molar-refractivity contribution in [3.63, 3.8) is 0 Å². The molecule has 0 saturated carbocycles. The van der Waals surface area contributed by atoms with E-state index in [2.05, 4.69) is 41.6 Å². The van der Waals surface area contributed by atoms with Crippen molar-refractivity contribution in [2.75, 3.05) is 0 Å². The Morgan fingerprint density at radius 1 is 1.18 bits per heavy atom. The minimum Gasteiger partial charge on any atom is -0.355 e. The molecule has 0 amide bonds. The highest BCUT2D eigenvalue weighted by Gasteiger charge is 2.42. The average molecular weight is 204 g/mol. The molecule has 1 saturated heterocycles. The molecule has 0 aliphatic carbocycles. The van der Waals surface area contributed by atoms with Crippen LogP contribution in [0.5, 0.6) is 0 Å². The molecule has 0 aromatic carbocycles. The topological polar surface area (TPSA) is 6.48 Å². The molecule has 1 fully saturated rings. The zero-order valence-corrected chi connectivity index (χ0v) is 12.1. The molecule has 2 nitrogen and oxygen atoms in total. The second-order valence-electron chi connectivity index (χ2n) is 3.64. The van der Waals surface area contributed by atoms with Crippen molar-refractivity contribution in [3.05, 3.63) is 0 Å². The van der Waals surface area contributed by atoms with Gasteiger partial charge in [-0.3, -0.25) is 0 Å². The minimum atomic E-state index is -0.525. The predicted octanol–water partition coefficient (Wildman–Crippen LogP) is -0.155. The Kier molecular flexibility index (Phi) is 3.10. The second kappa shape index (κ2) is 3.53. The normalized spacial score (nSPS) is 35.5. The molecule has 2 unspecified atom stereocenters. The molecule has 1 heterocycles. The summed E-state index contributed by atoms with van der Waals surface area (Å²) in [6.45, 7) is 12.1. The third kappa shape index (κ3) is 1.52. The zero-order chi connectivity index (χ0) is 8.59. The summed E-state index contributed by atoms with van der Waals surface area (Å²) in [5.74, 6) is 0. The van der Waals surface area contributed by atoms with Gasteiger partial charge >= 0.3 is 0 Å². The van der Waals surface area contributed by atoms with Gasteiger partial charge in [0.05, 0.1) is 9.68 Å².